The summed E-state index contributed by atoms with van der Waals surface area (Å²) in [5.74, 6) is -0.0398. The number of fused-ring (bicyclic) bond motifs is 1. The molecule has 0 aliphatic heterocycles. The topological polar surface area (TPSA) is 51.5 Å². The molecule has 1 aromatic heterocycles. The number of aryl methyl sites for hydroxylation is 1. The zero-order chi connectivity index (χ0) is 15.5. The van der Waals surface area contributed by atoms with Crippen LogP contribution in [-0.2, 0) is 6.54 Å². The van der Waals surface area contributed by atoms with E-state index in [0.29, 0.717) is 18.7 Å². The number of carboxylic acid groups (broad SMARTS) is 1. The van der Waals surface area contributed by atoms with Gasteiger partial charge in [-0.05, 0) is 48.9 Å². The average molecular weight is 295 g/mol. The second-order valence-corrected chi connectivity index (χ2v) is 5.25. The number of carbonyl (C=O) groups is 1. The van der Waals surface area contributed by atoms with Crippen molar-refractivity contribution in [2.24, 2.45) is 0 Å². The van der Waals surface area contributed by atoms with E-state index in [4.69, 9.17) is 9.84 Å². The van der Waals surface area contributed by atoms with Crippen LogP contribution in [0.2, 0.25) is 0 Å². The molecule has 0 unspecified atom stereocenters. The summed E-state index contributed by atoms with van der Waals surface area (Å²) in [6.45, 7) is 3.31. The Hall–Kier alpha value is -2.75. The van der Waals surface area contributed by atoms with E-state index in [2.05, 4.69) is 4.57 Å². The molecule has 1 N–H and O–H groups in total. The van der Waals surface area contributed by atoms with Gasteiger partial charge in [-0.1, -0.05) is 12.1 Å². The molecular formula is C18H17NO3. The van der Waals surface area contributed by atoms with Crippen LogP contribution in [0.1, 0.15) is 15.9 Å². The van der Waals surface area contributed by atoms with Crippen molar-refractivity contribution < 1.29 is 14.6 Å². The van der Waals surface area contributed by atoms with Crippen molar-refractivity contribution >= 4 is 16.9 Å². The average Bonchev–Trinajstić information content (AvgIpc) is 2.90. The number of benzene rings is 2. The van der Waals surface area contributed by atoms with Crippen LogP contribution >= 0.6 is 0 Å². The van der Waals surface area contributed by atoms with Gasteiger partial charge < -0.3 is 14.4 Å². The Morgan fingerprint density at radius 1 is 1.18 bits per heavy atom. The number of hydrogen-bond donors (Lipinski definition) is 1. The maximum absolute atomic E-state index is 11.0. The summed E-state index contributed by atoms with van der Waals surface area (Å²) in [6.07, 6.45) is 1.95. The first-order valence-electron chi connectivity index (χ1n) is 7.15. The lowest BCUT2D eigenvalue weighted by Gasteiger charge is -2.09. The van der Waals surface area contributed by atoms with Crippen molar-refractivity contribution in [3.8, 4) is 5.75 Å². The highest BCUT2D eigenvalue weighted by molar-refractivity contribution is 5.93. The van der Waals surface area contributed by atoms with Crippen LogP contribution in [0, 0.1) is 6.92 Å². The van der Waals surface area contributed by atoms with Gasteiger partial charge in [0.1, 0.15) is 12.4 Å². The van der Waals surface area contributed by atoms with Crippen LogP contribution in [0.5, 0.6) is 5.75 Å². The van der Waals surface area contributed by atoms with Gasteiger partial charge in [-0.15, -0.1) is 0 Å². The fourth-order valence-corrected chi connectivity index (χ4v) is 2.50. The zero-order valence-electron chi connectivity index (χ0n) is 12.3. The molecule has 2 aromatic carbocycles. The smallest absolute Gasteiger partial charge is 0.335 e. The number of hydrogen-bond acceptors (Lipinski definition) is 2. The fraction of sp³-hybridized carbons (Fsp3) is 0.167. The molecule has 112 valence electrons. The van der Waals surface area contributed by atoms with E-state index in [1.165, 1.54) is 5.56 Å². The molecule has 4 heteroatoms. The molecule has 3 aromatic rings. The van der Waals surface area contributed by atoms with Crippen molar-refractivity contribution in [2.75, 3.05) is 6.61 Å². The summed E-state index contributed by atoms with van der Waals surface area (Å²) >= 11 is 0. The third-order valence-electron chi connectivity index (χ3n) is 3.61. The molecule has 0 saturated heterocycles. The van der Waals surface area contributed by atoms with Gasteiger partial charge in [-0.3, -0.25) is 0 Å². The van der Waals surface area contributed by atoms with Gasteiger partial charge in [-0.25, -0.2) is 4.79 Å². The van der Waals surface area contributed by atoms with E-state index >= 15 is 0 Å². The number of carboxylic acids is 1. The summed E-state index contributed by atoms with van der Waals surface area (Å²) in [5.41, 5.74) is 2.49. The summed E-state index contributed by atoms with van der Waals surface area (Å²) < 4.78 is 7.82. The van der Waals surface area contributed by atoms with Crippen molar-refractivity contribution in [1.82, 2.24) is 4.57 Å². The highest BCUT2D eigenvalue weighted by Gasteiger charge is 2.06. The maximum atomic E-state index is 11.0. The van der Waals surface area contributed by atoms with E-state index in [9.17, 15) is 4.79 Å². The monoisotopic (exact) mass is 295 g/mol. The standard InChI is InChI=1S/C18H17NO3/c1-13-3-2-4-16(11-13)22-10-9-19-8-7-14-12-15(18(20)21)5-6-17(14)19/h2-8,11-12H,9-10H2,1H3,(H,20,21). The molecular weight excluding hydrogens is 278 g/mol. The van der Waals surface area contributed by atoms with Crippen LogP contribution in [0.4, 0.5) is 0 Å². The first-order chi connectivity index (χ1) is 10.6. The summed E-state index contributed by atoms with van der Waals surface area (Å²) in [7, 11) is 0. The Kier molecular flexibility index (Phi) is 3.83. The molecule has 0 fully saturated rings. The second-order valence-electron chi connectivity index (χ2n) is 5.25. The van der Waals surface area contributed by atoms with E-state index in [1.807, 2.05) is 49.5 Å². The van der Waals surface area contributed by atoms with Gasteiger partial charge in [0, 0.05) is 17.1 Å². The lowest BCUT2D eigenvalue weighted by molar-refractivity contribution is 0.0697. The molecule has 0 bridgehead atoms. The van der Waals surface area contributed by atoms with Crippen molar-refractivity contribution in [2.45, 2.75) is 13.5 Å². The first-order valence-corrected chi connectivity index (χ1v) is 7.15. The van der Waals surface area contributed by atoms with Crippen molar-refractivity contribution in [1.29, 1.82) is 0 Å². The molecule has 0 aliphatic carbocycles. The lowest BCUT2D eigenvalue weighted by atomic mass is 10.1. The number of aromatic nitrogens is 1. The molecule has 4 nitrogen and oxygen atoms in total. The van der Waals surface area contributed by atoms with Crippen LogP contribution < -0.4 is 4.74 Å². The highest BCUT2D eigenvalue weighted by atomic mass is 16.5. The van der Waals surface area contributed by atoms with Crippen molar-refractivity contribution in [3.05, 3.63) is 65.9 Å². The highest BCUT2D eigenvalue weighted by Crippen LogP contribution is 2.18. The van der Waals surface area contributed by atoms with E-state index < -0.39 is 5.97 Å². The number of aromatic carboxylic acids is 1. The molecule has 1 heterocycles. The maximum Gasteiger partial charge on any atom is 0.335 e. The molecule has 0 spiro atoms. The molecule has 0 atom stereocenters. The minimum atomic E-state index is -0.905. The molecule has 22 heavy (non-hydrogen) atoms. The predicted octanol–water partition coefficient (Wildman–Crippen LogP) is 3.73. The summed E-state index contributed by atoms with van der Waals surface area (Å²) in [4.78, 5) is 11.0. The van der Waals surface area contributed by atoms with Crippen molar-refractivity contribution in [3.63, 3.8) is 0 Å². The number of nitrogens with zero attached hydrogens (tertiary/aromatic N) is 1. The van der Waals surface area contributed by atoms with Crippen LogP contribution in [0.25, 0.3) is 10.9 Å². The molecule has 0 saturated carbocycles. The Balaban J connectivity index is 1.70. The SMILES string of the molecule is Cc1cccc(OCCn2ccc3cc(C(=O)O)ccc32)c1. The molecule has 3 rings (SSSR count). The van der Waals surface area contributed by atoms with E-state index in [0.717, 1.165) is 16.7 Å². The largest absolute Gasteiger partial charge is 0.492 e. The van der Waals surface area contributed by atoms with E-state index in [1.54, 1.807) is 12.1 Å². The van der Waals surface area contributed by atoms with Crippen LogP contribution in [0.15, 0.2) is 54.7 Å². The van der Waals surface area contributed by atoms with Gasteiger partial charge in [-0.2, -0.15) is 0 Å². The number of ether oxygens (including phenoxy) is 1. The Morgan fingerprint density at radius 2 is 2.05 bits per heavy atom. The normalized spacial score (nSPS) is 10.8. The van der Waals surface area contributed by atoms with Gasteiger partial charge in [0.15, 0.2) is 0 Å². The third kappa shape index (κ3) is 2.96. The van der Waals surface area contributed by atoms with Gasteiger partial charge >= 0.3 is 5.97 Å². The van der Waals surface area contributed by atoms with E-state index in [-0.39, 0.29) is 0 Å². The second kappa shape index (κ2) is 5.93. The van der Waals surface area contributed by atoms with Gasteiger partial charge in [0.2, 0.25) is 0 Å². The quantitative estimate of drug-likeness (QED) is 0.780. The van der Waals surface area contributed by atoms with Crippen LogP contribution in [-0.4, -0.2) is 22.2 Å². The van der Waals surface area contributed by atoms with Gasteiger partial charge in [0.25, 0.3) is 0 Å². The Bertz CT molecular complexity index is 820. The lowest BCUT2D eigenvalue weighted by Crippen LogP contribution is -2.07. The van der Waals surface area contributed by atoms with Crippen LogP contribution in [0.3, 0.4) is 0 Å². The zero-order valence-corrected chi connectivity index (χ0v) is 12.3. The molecule has 0 amide bonds. The third-order valence-corrected chi connectivity index (χ3v) is 3.61. The predicted molar refractivity (Wildman–Crippen MR) is 85.6 cm³/mol. The Labute approximate surface area is 128 Å². The first kappa shape index (κ1) is 14.2. The summed E-state index contributed by atoms with van der Waals surface area (Å²) in [6, 6.07) is 15.0. The molecule has 0 radical (unpaired) electrons. The Morgan fingerprint density at radius 3 is 2.82 bits per heavy atom. The minimum absolute atomic E-state index is 0.307. The summed E-state index contributed by atoms with van der Waals surface area (Å²) in [5, 5.41) is 9.94. The minimum Gasteiger partial charge on any atom is -0.492 e. The van der Waals surface area contributed by atoms with Gasteiger partial charge in [0.05, 0.1) is 12.1 Å². The fourth-order valence-electron chi connectivity index (χ4n) is 2.50. The molecule has 0 aliphatic rings. The number of rotatable bonds is 5.